The Morgan fingerprint density at radius 2 is 2.09 bits per heavy atom. The molecule has 1 fully saturated rings. The molecule has 0 aromatic rings. The van der Waals surface area contributed by atoms with Gasteiger partial charge in [-0.05, 0) is 44.7 Å². The van der Waals surface area contributed by atoms with Crippen LogP contribution < -0.4 is 0 Å². The van der Waals surface area contributed by atoms with Crippen LogP contribution in [0.2, 0.25) is 13.1 Å². The van der Waals surface area contributed by atoms with Gasteiger partial charge in [0.05, 0.1) is 0 Å². The van der Waals surface area contributed by atoms with Crippen molar-refractivity contribution >= 4 is 8.32 Å². The van der Waals surface area contributed by atoms with Gasteiger partial charge in [0.15, 0.2) is 0 Å². The van der Waals surface area contributed by atoms with E-state index in [0.717, 1.165) is 5.92 Å². The highest BCUT2D eigenvalue weighted by atomic mass is 28.4. The van der Waals surface area contributed by atoms with E-state index >= 15 is 0 Å². The van der Waals surface area contributed by atoms with Gasteiger partial charge in [-0.2, -0.15) is 0 Å². The third-order valence-corrected chi connectivity index (χ3v) is 5.08. The highest BCUT2D eigenvalue weighted by molar-refractivity contribution is 6.77. The summed E-state index contributed by atoms with van der Waals surface area (Å²) in [7, 11) is -1.90. The van der Waals surface area contributed by atoms with Crippen molar-refractivity contribution in [2.24, 2.45) is 5.92 Å². The molecule has 2 aliphatic carbocycles. The SMILES string of the molecule is C[Si](C)(O)C1=C2CCC(C2)C1. The molecular formula is C9H16OSi. The molecule has 0 aromatic carbocycles. The molecule has 0 spiro atoms. The minimum Gasteiger partial charge on any atom is -0.428 e. The summed E-state index contributed by atoms with van der Waals surface area (Å²) in [4.78, 5) is 9.92. The summed E-state index contributed by atoms with van der Waals surface area (Å²) in [6.07, 6.45) is 5.22. The first kappa shape index (κ1) is 7.56. The summed E-state index contributed by atoms with van der Waals surface area (Å²) in [5.74, 6) is 0.916. The lowest BCUT2D eigenvalue weighted by Gasteiger charge is -2.21. The predicted molar refractivity (Wildman–Crippen MR) is 48.7 cm³/mol. The molecule has 1 unspecified atom stereocenters. The Morgan fingerprint density at radius 1 is 1.36 bits per heavy atom. The second-order valence-corrected chi connectivity index (χ2v) is 8.18. The van der Waals surface area contributed by atoms with Gasteiger partial charge >= 0.3 is 0 Å². The van der Waals surface area contributed by atoms with Crippen LogP contribution in [0.1, 0.15) is 25.7 Å². The monoisotopic (exact) mass is 168 g/mol. The molecule has 2 rings (SSSR count). The van der Waals surface area contributed by atoms with Crippen molar-refractivity contribution < 1.29 is 4.80 Å². The zero-order valence-corrected chi connectivity index (χ0v) is 8.35. The maximum absolute atomic E-state index is 9.92. The van der Waals surface area contributed by atoms with Crippen molar-refractivity contribution in [3.8, 4) is 0 Å². The normalized spacial score (nSPS) is 30.3. The molecule has 0 aromatic heterocycles. The first-order valence-electron chi connectivity index (χ1n) is 4.51. The van der Waals surface area contributed by atoms with Gasteiger partial charge in [0.25, 0.3) is 0 Å². The second kappa shape index (κ2) is 2.20. The number of hydrogen-bond donors (Lipinski definition) is 1. The lowest BCUT2D eigenvalue weighted by atomic mass is 10.1. The Bertz CT molecular complexity index is 212. The van der Waals surface area contributed by atoms with E-state index in [9.17, 15) is 4.80 Å². The van der Waals surface area contributed by atoms with Gasteiger partial charge in [0.1, 0.15) is 0 Å². The maximum Gasteiger partial charge on any atom is 0.210 e. The fourth-order valence-corrected chi connectivity index (χ4v) is 4.38. The van der Waals surface area contributed by atoms with E-state index < -0.39 is 8.32 Å². The van der Waals surface area contributed by atoms with Crippen LogP contribution in [0.25, 0.3) is 0 Å². The van der Waals surface area contributed by atoms with Crippen LogP contribution in [0.5, 0.6) is 0 Å². The fourth-order valence-electron chi connectivity index (χ4n) is 2.49. The molecule has 0 heterocycles. The number of hydrogen-bond acceptors (Lipinski definition) is 1. The predicted octanol–water partition coefficient (Wildman–Crippen LogP) is 2.22. The minimum atomic E-state index is -1.90. The molecule has 2 aliphatic rings. The van der Waals surface area contributed by atoms with E-state index in [2.05, 4.69) is 13.1 Å². The minimum absolute atomic E-state index is 0.916. The molecule has 1 saturated carbocycles. The molecule has 1 atom stereocenters. The van der Waals surface area contributed by atoms with Gasteiger partial charge in [0.2, 0.25) is 8.32 Å². The van der Waals surface area contributed by atoms with Crippen molar-refractivity contribution in [2.45, 2.75) is 38.8 Å². The summed E-state index contributed by atoms with van der Waals surface area (Å²) in [6, 6.07) is 0. The largest absolute Gasteiger partial charge is 0.428 e. The van der Waals surface area contributed by atoms with Crippen LogP contribution in [0.15, 0.2) is 10.8 Å². The molecular weight excluding hydrogens is 152 g/mol. The van der Waals surface area contributed by atoms with Crippen molar-refractivity contribution in [3.63, 3.8) is 0 Å². The average molecular weight is 168 g/mol. The quantitative estimate of drug-likeness (QED) is 0.595. The lowest BCUT2D eigenvalue weighted by molar-refractivity contribution is 0.533. The molecule has 2 bridgehead atoms. The summed E-state index contributed by atoms with van der Waals surface area (Å²) >= 11 is 0. The Balaban J connectivity index is 2.28. The number of rotatable bonds is 1. The van der Waals surface area contributed by atoms with E-state index in [0.29, 0.717) is 0 Å². The number of allylic oxidation sites excluding steroid dienone is 2. The van der Waals surface area contributed by atoms with Crippen LogP contribution >= 0.6 is 0 Å². The van der Waals surface area contributed by atoms with Crippen molar-refractivity contribution in [3.05, 3.63) is 10.8 Å². The molecule has 62 valence electrons. The van der Waals surface area contributed by atoms with E-state index in [4.69, 9.17) is 0 Å². The first-order chi connectivity index (χ1) is 5.07. The Hall–Kier alpha value is -0.0831. The first-order valence-corrected chi connectivity index (χ1v) is 7.46. The Labute approximate surface area is 69.3 Å². The van der Waals surface area contributed by atoms with Crippen molar-refractivity contribution in [2.75, 3.05) is 0 Å². The van der Waals surface area contributed by atoms with Gasteiger partial charge in [-0.1, -0.05) is 10.8 Å². The number of fused-ring (bicyclic) bond motifs is 2. The summed E-state index contributed by atoms with van der Waals surface area (Å²) in [6.45, 7) is 4.10. The smallest absolute Gasteiger partial charge is 0.210 e. The Kier molecular flexibility index (Phi) is 1.51. The summed E-state index contributed by atoms with van der Waals surface area (Å²) in [5, 5.41) is 1.48. The van der Waals surface area contributed by atoms with Crippen LogP contribution in [0.3, 0.4) is 0 Å². The van der Waals surface area contributed by atoms with Gasteiger partial charge < -0.3 is 4.80 Å². The van der Waals surface area contributed by atoms with Gasteiger partial charge in [-0.15, -0.1) is 0 Å². The molecule has 1 nitrogen and oxygen atoms in total. The van der Waals surface area contributed by atoms with Gasteiger partial charge in [0, 0.05) is 0 Å². The molecule has 0 amide bonds. The van der Waals surface area contributed by atoms with Gasteiger partial charge in [-0.3, -0.25) is 0 Å². The third-order valence-electron chi connectivity index (χ3n) is 3.05. The van der Waals surface area contributed by atoms with Crippen LogP contribution in [-0.4, -0.2) is 13.1 Å². The Morgan fingerprint density at radius 3 is 2.36 bits per heavy atom. The topological polar surface area (TPSA) is 20.2 Å². The zero-order chi connectivity index (χ0) is 8.06. The lowest BCUT2D eigenvalue weighted by Crippen LogP contribution is -2.29. The summed E-state index contributed by atoms with van der Waals surface area (Å²) in [5.41, 5.74) is 1.62. The fraction of sp³-hybridized carbons (Fsp3) is 0.778. The highest BCUT2D eigenvalue weighted by Crippen LogP contribution is 2.46. The molecule has 0 saturated heterocycles. The van der Waals surface area contributed by atoms with Crippen LogP contribution in [-0.2, 0) is 0 Å². The standard InChI is InChI=1S/C9H16OSi/c1-11(2,10)9-6-7-3-4-8(9)5-7/h7,10H,3-6H2,1-2H3. The molecule has 2 heteroatoms. The third kappa shape index (κ3) is 1.18. The van der Waals surface area contributed by atoms with E-state index in [1.165, 1.54) is 30.9 Å². The van der Waals surface area contributed by atoms with Crippen LogP contribution in [0, 0.1) is 5.92 Å². The van der Waals surface area contributed by atoms with Crippen molar-refractivity contribution in [1.82, 2.24) is 0 Å². The summed E-state index contributed by atoms with van der Waals surface area (Å²) < 4.78 is 0. The van der Waals surface area contributed by atoms with Crippen molar-refractivity contribution in [1.29, 1.82) is 0 Å². The second-order valence-electron chi connectivity index (χ2n) is 4.45. The molecule has 1 N–H and O–H groups in total. The molecule has 11 heavy (non-hydrogen) atoms. The molecule has 0 aliphatic heterocycles. The zero-order valence-electron chi connectivity index (χ0n) is 7.35. The maximum atomic E-state index is 9.92. The molecule has 0 radical (unpaired) electrons. The van der Waals surface area contributed by atoms with E-state index in [1.807, 2.05) is 0 Å². The van der Waals surface area contributed by atoms with Crippen LogP contribution in [0.4, 0.5) is 0 Å². The average Bonchev–Trinajstić information content (AvgIpc) is 2.42. The van der Waals surface area contributed by atoms with Gasteiger partial charge in [-0.25, -0.2) is 0 Å². The van der Waals surface area contributed by atoms with E-state index in [-0.39, 0.29) is 0 Å². The highest BCUT2D eigenvalue weighted by Gasteiger charge is 2.37. The van der Waals surface area contributed by atoms with E-state index in [1.54, 1.807) is 5.57 Å².